The van der Waals surface area contributed by atoms with Crippen LogP contribution in [0.15, 0.2) is 81.2 Å². The van der Waals surface area contributed by atoms with Crippen molar-refractivity contribution in [2.45, 2.75) is 4.90 Å². The molecule has 10 nitrogen and oxygen atoms in total. The summed E-state index contributed by atoms with van der Waals surface area (Å²) in [5, 5.41) is 14.7. The summed E-state index contributed by atoms with van der Waals surface area (Å²) in [6.07, 6.45) is 1.36. The van der Waals surface area contributed by atoms with Gasteiger partial charge in [0.2, 0.25) is 0 Å². The van der Waals surface area contributed by atoms with Crippen molar-refractivity contribution < 1.29 is 27.1 Å². The Morgan fingerprint density at radius 2 is 1.85 bits per heavy atom. The molecule has 0 saturated carbocycles. The molecule has 0 aliphatic carbocycles. The van der Waals surface area contributed by atoms with Gasteiger partial charge in [0.15, 0.2) is 0 Å². The molecule has 0 saturated heterocycles. The van der Waals surface area contributed by atoms with Crippen LogP contribution in [0.2, 0.25) is 0 Å². The number of carbonyl (C=O) groups excluding carboxylic acids is 1. The number of nitro benzene ring substituents is 1. The van der Waals surface area contributed by atoms with E-state index in [0.29, 0.717) is 21.3 Å². The first kappa shape index (κ1) is 23.9. The predicted octanol–water partition coefficient (Wildman–Crippen LogP) is 3.90. The Hall–Kier alpha value is -3.77. The van der Waals surface area contributed by atoms with Gasteiger partial charge in [-0.1, -0.05) is 22.0 Å². The lowest BCUT2D eigenvalue weighted by molar-refractivity contribution is -0.385. The van der Waals surface area contributed by atoms with E-state index in [1.807, 2.05) is 0 Å². The lowest BCUT2D eigenvalue weighted by Gasteiger charge is -2.08. The smallest absolute Gasteiger partial charge is 0.339 e. The fraction of sp³-hybridized carbons (Fsp3) is 0.0476. The fourth-order valence-electron chi connectivity index (χ4n) is 2.62. The quantitative estimate of drug-likeness (QED) is 0.200. The Bertz CT molecular complexity index is 1330. The van der Waals surface area contributed by atoms with Crippen LogP contribution in [0.1, 0.15) is 15.9 Å². The number of benzene rings is 3. The molecule has 1 N–H and O–H groups in total. The van der Waals surface area contributed by atoms with Crippen molar-refractivity contribution in [2.24, 2.45) is 5.10 Å². The Balaban J connectivity index is 1.66. The summed E-state index contributed by atoms with van der Waals surface area (Å²) >= 11 is 3.29. The molecule has 12 heteroatoms. The van der Waals surface area contributed by atoms with E-state index in [-0.39, 0.29) is 16.3 Å². The van der Waals surface area contributed by atoms with Gasteiger partial charge in [-0.2, -0.15) is 13.5 Å². The third kappa shape index (κ3) is 6.14. The molecule has 0 unspecified atom stereocenters. The first-order valence-electron chi connectivity index (χ1n) is 9.15. The summed E-state index contributed by atoms with van der Waals surface area (Å²) in [6, 6.07) is 15.3. The van der Waals surface area contributed by atoms with Crippen LogP contribution in [0.4, 0.5) is 5.69 Å². The van der Waals surface area contributed by atoms with Gasteiger partial charge in [-0.3, -0.25) is 14.9 Å². The number of non-ortho nitro benzene ring substituents is 1. The Labute approximate surface area is 197 Å². The number of methoxy groups -OCH3 is 1. The van der Waals surface area contributed by atoms with Gasteiger partial charge in [-0.05, 0) is 54.1 Å². The molecular formula is C21H16BrN3O7S. The second-order valence-corrected chi connectivity index (χ2v) is 8.87. The minimum atomic E-state index is -4.26. The molecule has 0 bridgehead atoms. The first-order chi connectivity index (χ1) is 15.7. The second kappa shape index (κ2) is 10.2. The number of halogens is 1. The van der Waals surface area contributed by atoms with Crippen LogP contribution in [-0.4, -0.2) is 32.6 Å². The molecule has 1 amide bonds. The molecule has 0 heterocycles. The number of ether oxygens (including phenoxy) is 1. The monoisotopic (exact) mass is 533 g/mol. The van der Waals surface area contributed by atoms with E-state index in [9.17, 15) is 23.3 Å². The number of hydrogen-bond acceptors (Lipinski definition) is 8. The zero-order valence-electron chi connectivity index (χ0n) is 17.0. The van der Waals surface area contributed by atoms with E-state index in [1.165, 1.54) is 55.8 Å². The molecule has 0 fully saturated rings. The summed E-state index contributed by atoms with van der Waals surface area (Å²) in [7, 11) is -2.81. The van der Waals surface area contributed by atoms with Gasteiger partial charge in [-0.15, -0.1) is 0 Å². The average molecular weight is 534 g/mol. The molecule has 0 aliphatic rings. The molecule has 3 aromatic rings. The molecule has 0 spiro atoms. The molecule has 3 rings (SSSR count). The molecule has 3 aromatic carbocycles. The Morgan fingerprint density at radius 3 is 2.52 bits per heavy atom. The maximum absolute atomic E-state index is 12.4. The third-order valence-corrected chi connectivity index (χ3v) is 5.93. The van der Waals surface area contributed by atoms with Gasteiger partial charge in [-0.25, -0.2) is 5.43 Å². The van der Waals surface area contributed by atoms with Crippen LogP contribution in [-0.2, 0) is 10.1 Å². The summed E-state index contributed by atoms with van der Waals surface area (Å²) in [5.41, 5.74) is 2.86. The number of nitro groups is 1. The Morgan fingerprint density at radius 1 is 1.12 bits per heavy atom. The molecule has 0 radical (unpaired) electrons. The van der Waals surface area contributed by atoms with Crippen molar-refractivity contribution >= 4 is 43.9 Å². The van der Waals surface area contributed by atoms with Gasteiger partial charge in [0, 0.05) is 16.6 Å². The van der Waals surface area contributed by atoms with Gasteiger partial charge < -0.3 is 8.92 Å². The molecular weight excluding hydrogens is 518 g/mol. The largest absolute Gasteiger partial charge is 0.496 e. The lowest BCUT2D eigenvalue weighted by atomic mass is 10.2. The standard InChI is InChI=1S/C21H16BrN3O7S/c1-31-20-10-7-15(22)11-19(20)21(26)24-23-13-14-5-8-17(9-6-14)32-33(29,30)18-4-2-3-16(12-18)25(27)28/h2-13H,1H3,(H,24,26)/b23-13-. The molecule has 33 heavy (non-hydrogen) atoms. The summed E-state index contributed by atoms with van der Waals surface area (Å²) in [5.74, 6) is -0.0914. The van der Waals surface area contributed by atoms with E-state index in [2.05, 4.69) is 26.5 Å². The van der Waals surface area contributed by atoms with Gasteiger partial charge >= 0.3 is 10.1 Å². The lowest BCUT2D eigenvalue weighted by Crippen LogP contribution is -2.18. The molecule has 0 aliphatic heterocycles. The number of hydrazone groups is 1. The van der Waals surface area contributed by atoms with Crippen LogP contribution >= 0.6 is 15.9 Å². The van der Waals surface area contributed by atoms with E-state index in [4.69, 9.17) is 8.92 Å². The maximum atomic E-state index is 12.4. The maximum Gasteiger partial charge on any atom is 0.339 e. The zero-order valence-corrected chi connectivity index (χ0v) is 19.4. The van der Waals surface area contributed by atoms with Gasteiger partial charge in [0.25, 0.3) is 11.6 Å². The molecule has 0 aromatic heterocycles. The SMILES string of the molecule is COc1ccc(Br)cc1C(=O)N/N=C\c1ccc(OS(=O)(=O)c2cccc([N+](=O)[O-])c2)cc1. The van der Waals surface area contributed by atoms with E-state index < -0.39 is 20.9 Å². The molecule has 0 atom stereocenters. The third-order valence-electron chi connectivity index (χ3n) is 4.19. The van der Waals surface area contributed by atoms with Crippen molar-refractivity contribution in [3.63, 3.8) is 0 Å². The van der Waals surface area contributed by atoms with Gasteiger partial charge in [0.1, 0.15) is 16.4 Å². The van der Waals surface area contributed by atoms with E-state index in [0.717, 1.165) is 6.07 Å². The summed E-state index contributed by atoms with van der Waals surface area (Å²) in [4.78, 5) is 22.1. The summed E-state index contributed by atoms with van der Waals surface area (Å²) < 4.78 is 35.7. The summed E-state index contributed by atoms with van der Waals surface area (Å²) in [6.45, 7) is 0. The first-order valence-corrected chi connectivity index (χ1v) is 11.4. The normalized spacial score (nSPS) is 11.2. The predicted molar refractivity (Wildman–Crippen MR) is 123 cm³/mol. The topological polar surface area (TPSA) is 137 Å². The minimum Gasteiger partial charge on any atom is -0.496 e. The highest BCUT2D eigenvalue weighted by Crippen LogP contribution is 2.23. The number of rotatable bonds is 8. The van der Waals surface area contributed by atoms with E-state index in [1.54, 1.807) is 18.2 Å². The highest BCUT2D eigenvalue weighted by Gasteiger charge is 2.20. The van der Waals surface area contributed by atoms with Crippen LogP contribution in [0.5, 0.6) is 11.5 Å². The van der Waals surface area contributed by atoms with Crippen molar-refractivity contribution in [3.05, 3.63) is 92.4 Å². The average Bonchev–Trinajstić information content (AvgIpc) is 2.80. The van der Waals surface area contributed by atoms with Crippen LogP contribution in [0.3, 0.4) is 0 Å². The van der Waals surface area contributed by atoms with Crippen molar-refractivity contribution in [3.8, 4) is 11.5 Å². The zero-order chi connectivity index (χ0) is 24.0. The number of hydrogen-bond donors (Lipinski definition) is 1. The number of nitrogens with zero attached hydrogens (tertiary/aromatic N) is 2. The fourth-order valence-corrected chi connectivity index (χ4v) is 3.95. The second-order valence-electron chi connectivity index (χ2n) is 6.40. The van der Waals surface area contributed by atoms with Crippen LogP contribution < -0.4 is 14.3 Å². The van der Waals surface area contributed by atoms with Crippen LogP contribution in [0, 0.1) is 10.1 Å². The highest BCUT2D eigenvalue weighted by molar-refractivity contribution is 9.10. The van der Waals surface area contributed by atoms with Crippen molar-refractivity contribution in [1.29, 1.82) is 0 Å². The van der Waals surface area contributed by atoms with Crippen molar-refractivity contribution in [2.75, 3.05) is 7.11 Å². The Kier molecular flexibility index (Phi) is 7.41. The number of carbonyl (C=O) groups is 1. The minimum absolute atomic E-state index is 0.00145. The number of amides is 1. The highest BCUT2D eigenvalue weighted by atomic mass is 79.9. The van der Waals surface area contributed by atoms with Crippen LogP contribution in [0.25, 0.3) is 0 Å². The van der Waals surface area contributed by atoms with Crippen molar-refractivity contribution in [1.82, 2.24) is 5.43 Å². The number of nitrogens with one attached hydrogen (secondary N) is 1. The van der Waals surface area contributed by atoms with Gasteiger partial charge in [0.05, 0.1) is 23.8 Å². The van der Waals surface area contributed by atoms with E-state index >= 15 is 0 Å². The molecule has 170 valence electrons.